The highest BCUT2D eigenvalue weighted by molar-refractivity contribution is 5.77. The molecular formula is C19H22O6. The standard InChI is InChI=1S/C19H22O6/c1-4-25-17-10-12(5-7-15(17)20)9-14(19(21)22)13-6-8-16(23-2)18(11-13)24-3/h5-8,10-11,14,20H,4,9H2,1-3H3,(H,21,22). The molecule has 6 nitrogen and oxygen atoms in total. The minimum absolute atomic E-state index is 0.0311. The van der Waals surface area contributed by atoms with Crippen LogP contribution in [0.5, 0.6) is 23.0 Å². The van der Waals surface area contributed by atoms with Crippen molar-refractivity contribution in [2.24, 2.45) is 0 Å². The smallest absolute Gasteiger partial charge is 0.311 e. The molecule has 2 aromatic carbocycles. The summed E-state index contributed by atoms with van der Waals surface area (Å²) >= 11 is 0. The van der Waals surface area contributed by atoms with Crippen molar-refractivity contribution >= 4 is 5.97 Å². The average Bonchev–Trinajstić information content (AvgIpc) is 2.61. The average molecular weight is 346 g/mol. The molecule has 0 aliphatic rings. The Hall–Kier alpha value is -2.89. The van der Waals surface area contributed by atoms with Crippen LogP contribution in [0.3, 0.4) is 0 Å². The Morgan fingerprint density at radius 2 is 1.76 bits per heavy atom. The molecule has 0 saturated heterocycles. The number of phenols is 1. The Kier molecular flexibility index (Phi) is 6.11. The predicted molar refractivity (Wildman–Crippen MR) is 92.9 cm³/mol. The first-order valence-corrected chi connectivity index (χ1v) is 7.89. The van der Waals surface area contributed by atoms with E-state index in [2.05, 4.69) is 0 Å². The van der Waals surface area contributed by atoms with Crippen LogP contribution in [0.4, 0.5) is 0 Å². The summed E-state index contributed by atoms with van der Waals surface area (Å²) in [7, 11) is 3.03. The molecule has 134 valence electrons. The Morgan fingerprint density at radius 3 is 2.36 bits per heavy atom. The number of carbonyl (C=O) groups is 1. The van der Waals surface area contributed by atoms with E-state index in [1.807, 2.05) is 6.92 Å². The van der Waals surface area contributed by atoms with Gasteiger partial charge in [-0.05, 0) is 48.7 Å². The number of carboxylic acid groups (broad SMARTS) is 1. The summed E-state index contributed by atoms with van der Waals surface area (Å²) in [6, 6.07) is 9.93. The van der Waals surface area contributed by atoms with Gasteiger partial charge in [-0.1, -0.05) is 12.1 Å². The van der Waals surface area contributed by atoms with Crippen molar-refractivity contribution in [3.05, 3.63) is 47.5 Å². The van der Waals surface area contributed by atoms with Gasteiger partial charge in [0.1, 0.15) is 0 Å². The van der Waals surface area contributed by atoms with E-state index in [1.54, 1.807) is 30.3 Å². The highest BCUT2D eigenvalue weighted by atomic mass is 16.5. The maximum atomic E-state index is 11.8. The van der Waals surface area contributed by atoms with Crippen molar-refractivity contribution in [3.63, 3.8) is 0 Å². The van der Waals surface area contributed by atoms with Crippen LogP contribution in [-0.4, -0.2) is 37.0 Å². The highest BCUT2D eigenvalue weighted by Gasteiger charge is 2.22. The number of phenolic OH excluding ortho intramolecular Hbond substituents is 1. The Morgan fingerprint density at radius 1 is 1.04 bits per heavy atom. The van der Waals surface area contributed by atoms with Crippen LogP contribution in [0.25, 0.3) is 0 Å². The highest BCUT2D eigenvalue weighted by Crippen LogP contribution is 2.33. The molecule has 1 atom stereocenters. The molecule has 2 N–H and O–H groups in total. The first kappa shape index (κ1) is 18.4. The third kappa shape index (κ3) is 4.35. The maximum absolute atomic E-state index is 11.8. The molecule has 6 heteroatoms. The van der Waals surface area contributed by atoms with Crippen LogP contribution >= 0.6 is 0 Å². The Balaban J connectivity index is 2.33. The van der Waals surface area contributed by atoms with E-state index in [-0.39, 0.29) is 12.2 Å². The van der Waals surface area contributed by atoms with Gasteiger partial charge in [0.2, 0.25) is 0 Å². The monoisotopic (exact) mass is 346 g/mol. The zero-order valence-electron chi connectivity index (χ0n) is 14.5. The topological polar surface area (TPSA) is 85.2 Å². The molecule has 0 radical (unpaired) electrons. The van der Waals surface area contributed by atoms with Gasteiger partial charge in [-0.2, -0.15) is 0 Å². The molecule has 25 heavy (non-hydrogen) atoms. The Labute approximate surface area is 146 Å². The SMILES string of the molecule is CCOc1cc(CC(C(=O)O)c2ccc(OC)c(OC)c2)ccc1O. The molecule has 2 aromatic rings. The van der Waals surface area contributed by atoms with Crippen LogP contribution in [-0.2, 0) is 11.2 Å². The zero-order chi connectivity index (χ0) is 18.4. The number of hydrogen-bond acceptors (Lipinski definition) is 5. The van der Waals surface area contributed by atoms with Crippen LogP contribution in [0.1, 0.15) is 24.0 Å². The molecule has 0 aliphatic heterocycles. The van der Waals surface area contributed by atoms with Gasteiger partial charge in [0, 0.05) is 0 Å². The summed E-state index contributed by atoms with van der Waals surface area (Å²) in [6.07, 6.45) is 0.255. The Bertz CT molecular complexity index is 741. The molecule has 0 heterocycles. The first-order valence-electron chi connectivity index (χ1n) is 7.89. The predicted octanol–water partition coefficient (Wildman–Crippen LogP) is 3.22. The number of ether oxygens (including phenoxy) is 3. The minimum Gasteiger partial charge on any atom is -0.504 e. The molecule has 1 unspecified atom stereocenters. The second kappa shape index (κ2) is 8.28. The summed E-state index contributed by atoms with van der Waals surface area (Å²) in [5.41, 5.74) is 1.36. The van der Waals surface area contributed by atoms with Gasteiger partial charge in [0.05, 0.1) is 26.7 Å². The summed E-state index contributed by atoms with van der Waals surface area (Å²) in [5.74, 6) is -0.317. The minimum atomic E-state index is -0.946. The van der Waals surface area contributed by atoms with Crippen molar-refractivity contribution < 1.29 is 29.2 Å². The van der Waals surface area contributed by atoms with E-state index in [0.717, 1.165) is 5.56 Å². The molecule has 0 spiro atoms. The lowest BCUT2D eigenvalue weighted by molar-refractivity contribution is -0.138. The molecule has 0 saturated carbocycles. The van der Waals surface area contributed by atoms with Crippen LogP contribution in [0.15, 0.2) is 36.4 Å². The maximum Gasteiger partial charge on any atom is 0.311 e. The molecular weight excluding hydrogens is 324 g/mol. The number of aromatic hydroxyl groups is 1. The van der Waals surface area contributed by atoms with E-state index >= 15 is 0 Å². The van der Waals surface area contributed by atoms with E-state index in [9.17, 15) is 15.0 Å². The van der Waals surface area contributed by atoms with E-state index in [1.165, 1.54) is 20.3 Å². The van der Waals surface area contributed by atoms with Gasteiger partial charge in [0.25, 0.3) is 0 Å². The fraction of sp³-hybridized carbons (Fsp3) is 0.316. The lowest BCUT2D eigenvalue weighted by Crippen LogP contribution is -2.14. The number of aliphatic carboxylic acids is 1. The second-order valence-electron chi connectivity index (χ2n) is 5.44. The van der Waals surface area contributed by atoms with Crippen LogP contribution < -0.4 is 14.2 Å². The molecule has 0 fully saturated rings. The molecule has 0 bridgehead atoms. The molecule has 0 aromatic heterocycles. The molecule has 0 aliphatic carbocycles. The quantitative estimate of drug-likeness (QED) is 0.763. The van der Waals surface area contributed by atoms with Gasteiger partial charge in [0.15, 0.2) is 23.0 Å². The number of benzene rings is 2. The van der Waals surface area contributed by atoms with Crippen LogP contribution in [0, 0.1) is 0 Å². The van der Waals surface area contributed by atoms with Gasteiger partial charge in [-0.25, -0.2) is 0 Å². The number of hydrogen-bond donors (Lipinski definition) is 2. The van der Waals surface area contributed by atoms with Crippen molar-refractivity contribution in [2.45, 2.75) is 19.3 Å². The van der Waals surface area contributed by atoms with Gasteiger partial charge in [-0.3, -0.25) is 4.79 Å². The van der Waals surface area contributed by atoms with Crippen molar-refractivity contribution in [3.8, 4) is 23.0 Å². The number of carboxylic acids is 1. The van der Waals surface area contributed by atoms with E-state index in [0.29, 0.717) is 29.4 Å². The first-order chi connectivity index (χ1) is 12.0. The summed E-state index contributed by atoms with van der Waals surface area (Å²) < 4.78 is 15.8. The van der Waals surface area contributed by atoms with Gasteiger partial charge in [-0.15, -0.1) is 0 Å². The number of methoxy groups -OCH3 is 2. The summed E-state index contributed by atoms with van der Waals surface area (Å²) in [4.78, 5) is 11.8. The van der Waals surface area contributed by atoms with Crippen LogP contribution in [0.2, 0.25) is 0 Å². The summed E-state index contributed by atoms with van der Waals surface area (Å²) in [5, 5.41) is 19.4. The lowest BCUT2D eigenvalue weighted by Gasteiger charge is -2.16. The zero-order valence-corrected chi connectivity index (χ0v) is 14.5. The fourth-order valence-electron chi connectivity index (χ4n) is 2.61. The lowest BCUT2D eigenvalue weighted by atomic mass is 9.91. The van der Waals surface area contributed by atoms with Crippen molar-refractivity contribution in [2.75, 3.05) is 20.8 Å². The van der Waals surface area contributed by atoms with Crippen molar-refractivity contribution in [1.29, 1.82) is 0 Å². The van der Waals surface area contributed by atoms with E-state index in [4.69, 9.17) is 14.2 Å². The van der Waals surface area contributed by atoms with Gasteiger partial charge >= 0.3 is 5.97 Å². The number of rotatable bonds is 8. The fourth-order valence-corrected chi connectivity index (χ4v) is 2.61. The third-order valence-corrected chi connectivity index (χ3v) is 3.87. The summed E-state index contributed by atoms with van der Waals surface area (Å²) in [6.45, 7) is 2.23. The molecule has 2 rings (SSSR count). The normalized spacial score (nSPS) is 11.6. The van der Waals surface area contributed by atoms with E-state index < -0.39 is 11.9 Å². The third-order valence-electron chi connectivity index (χ3n) is 3.87. The van der Waals surface area contributed by atoms with Gasteiger partial charge < -0.3 is 24.4 Å². The largest absolute Gasteiger partial charge is 0.504 e. The van der Waals surface area contributed by atoms with Crippen molar-refractivity contribution in [1.82, 2.24) is 0 Å². The molecule has 0 amide bonds. The second-order valence-corrected chi connectivity index (χ2v) is 5.44.